The summed E-state index contributed by atoms with van der Waals surface area (Å²) in [6.45, 7) is 4.07. The number of hydrogen-bond acceptors (Lipinski definition) is 3. The Labute approximate surface area is 159 Å². The summed E-state index contributed by atoms with van der Waals surface area (Å²) in [5.74, 6) is 0.0924. The molecule has 0 N–H and O–H groups in total. The summed E-state index contributed by atoms with van der Waals surface area (Å²) < 4.78 is 0. The van der Waals surface area contributed by atoms with E-state index in [0.717, 1.165) is 32.6 Å². The zero-order valence-corrected chi connectivity index (χ0v) is 15.9. The number of piperazine rings is 1. The van der Waals surface area contributed by atoms with E-state index in [1.54, 1.807) is 23.1 Å². The van der Waals surface area contributed by atoms with Gasteiger partial charge in [-0.3, -0.25) is 14.5 Å². The molecule has 0 unspecified atom stereocenters. The first-order valence-electron chi connectivity index (χ1n) is 9.77. The monoisotopic (exact) mass is 375 g/mol. The lowest BCUT2D eigenvalue weighted by atomic mass is 10.1. The highest BCUT2D eigenvalue weighted by atomic mass is 35.5. The Hall–Kier alpha value is -1.59. The largest absolute Gasteiger partial charge is 0.336 e. The Morgan fingerprint density at radius 1 is 1.00 bits per heavy atom. The third kappa shape index (κ3) is 3.47. The number of amides is 2. The Morgan fingerprint density at radius 2 is 1.73 bits per heavy atom. The average molecular weight is 376 g/mol. The zero-order chi connectivity index (χ0) is 18.1. The standard InChI is InChI=1S/C20H26ClN3O2/c21-15-7-8-17(18(14-15)24-9-3-6-19(24)25)20(26)23-12-10-22(11-13-23)16-4-1-2-5-16/h7-8,14,16H,1-6,9-13H2. The van der Waals surface area contributed by atoms with E-state index in [0.29, 0.717) is 35.3 Å². The van der Waals surface area contributed by atoms with Gasteiger partial charge in [0.05, 0.1) is 11.3 Å². The van der Waals surface area contributed by atoms with Crippen molar-refractivity contribution in [3.8, 4) is 0 Å². The van der Waals surface area contributed by atoms with E-state index in [1.807, 2.05) is 4.90 Å². The van der Waals surface area contributed by atoms with Crippen LogP contribution in [0.3, 0.4) is 0 Å². The summed E-state index contributed by atoms with van der Waals surface area (Å²) in [6.07, 6.45) is 6.64. The van der Waals surface area contributed by atoms with Crippen molar-refractivity contribution >= 4 is 29.1 Å². The van der Waals surface area contributed by atoms with E-state index < -0.39 is 0 Å². The number of halogens is 1. The number of benzene rings is 1. The van der Waals surface area contributed by atoms with Gasteiger partial charge in [0, 0.05) is 50.2 Å². The van der Waals surface area contributed by atoms with Crippen LogP contribution in [0.5, 0.6) is 0 Å². The molecule has 2 saturated heterocycles. The molecule has 1 aromatic rings. The van der Waals surface area contributed by atoms with Crippen LogP contribution in [0.15, 0.2) is 18.2 Å². The van der Waals surface area contributed by atoms with Gasteiger partial charge in [-0.1, -0.05) is 24.4 Å². The quantitative estimate of drug-likeness (QED) is 0.815. The van der Waals surface area contributed by atoms with Crippen LogP contribution in [0.25, 0.3) is 0 Å². The molecule has 3 fully saturated rings. The van der Waals surface area contributed by atoms with Gasteiger partial charge in [-0.05, 0) is 37.5 Å². The molecule has 1 saturated carbocycles. The maximum absolute atomic E-state index is 13.1. The van der Waals surface area contributed by atoms with Crippen molar-refractivity contribution in [2.45, 2.75) is 44.6 Å². The predicted molar refractivity (Wildman–Crippen MR) is 103 cm³/mol. The van der Waals surface area contributed by atoms with E-state index >= 15 is 0 Å². The summed E-state index contributed by atoms with van der Waals surface area (Å²) in [6, 6.07) is 5.98. The van der Waals surface area contributed by atoms with Crippen molar-refractivity contribution in [2.24, 2.45) is 0 Å². The van der Waals surface area contributed by atoms with Gasteiger partial charge in [-0.15, -0.1) is 0 Å². The van der Waals surface area contributed by atoms with Crippen molar-refractivity contribution in [3.05, 3.63) is 28.8 Å². The first kappa shape index (κ1) is 17.8. The molecule has 5 nitrogen and oxygen atoms in total. The molecule has 6 heteroatoms. The van der Waals surface area contributed by atoms with Gasteiger partial charge in [-0.2, -0.15) is 0 Å². The molecular weight excluding hydrogens is 350 g/mol. The van der Waals surface area contributed by atoms with Gasteiger partial charge in [0.15, 0.2) is 0 Å². The number of carbonyl (C=O) groups excluding carboxylic acids is 2. The molecule has 3 aliphatic rings. The minimum atomic E-state index is 0.0161. The van der Waals surface area contributed by atoms with Crippen LogP contribution in [0.1, 0.15) is 48.9 Å². The van der Waals surface area contributed by atoms with Gasteiger partial charge < -0.3 is 9.80 Å². The Morgan fingerprint density at radius 3 is 2.38 bits per heavy atom. The van der Waals surface area contributed by atoms with Gasteiger partial charge in [-0.25, -0.2) is 0 Å². The first-order chi connectivity index (χ1) is 12.6. The van der Waals surface area contributed by atoms with E-state index in [4.69, 9.17) is 11.6 Å². The number of rotatable bonds is 3. The highest BCUT2D eigenvalue weighted by molar-refractivity contribution is 6.31. The van der Waals surface area contributed by atoms with Crippen LogP contribution in [0.2, 0.25) is 5.02 Å². The van der Waals surface area contributed by atoms with Gasteiger partial charge >= 0.3 is 0 Å². The third-order valence-corrected chi connectivity index (χ3v) is 6.23. The molecule has 26 heavy (non-hydrogen) atoms. The maximum Gasteiger partial charge on any atom is 0.256 e. The highest BCUT2D eigenvalue weighted by Gasteiger charge is 2.31. The van der Waals surface area contributed by atoms with E-state index in [1.165, 1.54) is 25.7 Å². The summed E-state index contributed by atoms with van der Waals surface area (Å²) >= 11 is 6.16. The van der Waals surface area contributed by atoms with E-state index in [-0.39, 0.29) is 11.8 Å². The van der Waals surface area contributed by atoms with Crippen LogP contribution in [-0.4, -0.2) is 60.4 Å². The molecule has 0 aromatic heterocycles. The fraction of sp³-hybridized carbons (Fsp3) is 0.600. The van der Waals surface area contributed by atoms with Crippen LogP contribution < -0.4 is 4.90 Å². The second-order valence-corrected chi connectivity index (χ2v) is 8.01. The molecule has 2 amide bonds. The summed E-state index contributed by atoms with van der Waals surface area (Å²) in [4.78, 5) is 31.5. The minimum Gasteiger partial charge on any atom is -0.336 e. The Bertz CT molecular complexity index is 694. The Kier molecular flexibility index (Phi) is 5.18. The highest BCUT2D eigenvalue weighted by Crippen LogP contribution is 2.30. The molecule has 0 radical (unpaired) electrons. The molecule has 2 aliphatic heterocycles. The number of anilines is 1. The second-order valence-electron chi connectivity index (χ2n) is 7.58. The molecule has 1 aromatic carbocycles. The third-order valence-electron chi connectivity index (χ3n) is 6.00. The summed E-state index contributed by atoms with van der Waals surface area (Å²) in [5, 5.41) is 0.558. The van der Waals surface area contributed by atoms with E-state index in [9.17, 15) is 9.59 Å². The minimum absolute atomic E-state index is 0.0161. The lowest BCUT2D eigenvalue weighted by molar-refractivity contribution is -0.117. The van der Waals surface area contributed by atoms with Crippen LogP contribution >= 0.6 is 11.6 Å². The van der Waals surface area contributed by atoms with Crippen molar-refractivity contribution in [3.63, 3.8) is 0 Å². The molecule has 0 spiro atoms. The number of carbonyl (C=O) groups is 2. The molecule has 2 heterocycles. The van der Waals surface area contributed by atoms with Gasteiger partial charge in [0.2, 0.25) is 5.91 Å². The maximum atomic E-state index is 13.1. The number of hydrogen-bond donors (Lipinski definition) is 0. The van der Waals surface area contributed by atoms with Crippen LogP contribution in [0, 0.1) is 0 Å². The van der Waals surface area contributed by atoms with Crippen molar-refractivity contribution in [1.29, 1.82) is 0 Å². The molecule has 1 aliphatic carbocycles. The molecular formula is C20H26ClN3O2. The second kappa shape index (κ2) is 7.57. The van der Waals surface area contributed by atoms with Gasteiger partial charge in [0.25, 0.3) is 5.91 Å². The van der Waals surface area contributed by atoms with Crippen molar-refractivity contribution in [2.75, 3.05) is 37.6 Å². The summed E-state index contributed by atoms with van der Waals surface area (Å²) in [5.41, 5.74) is 1.27. The van der Waals surface area contributed by atoms with E-state index in [2.05, 4.69) is 4.90 Å². The summed E-state index contributed by atoms with van der Waals surface area (Å²) in [7, 11) is 0. The normalized spacial score (nSPS) is 22.4. The van der Waals surface area contributed by atoms with Gasteiger partial charge in [0.1, 0.15) is 0 Å². The lowest BCUT2D eigenvalue weighted by Crippen LogP contribution is -2.51. The average Bonchev–Trinajstić information content (AvgIpc) is 3.33. The first-order valence-corrected chi connectivity index (χ1v) is 10.1. The predicted octanol–water partition coefficient (Wildman–Crippen LogP) is 3.17. The lowest BCUT2D eigenvalue weighted by Gasteiger charge is -2.38. The van der Waals surface area contributed by atoms with Crippen LogP contribution in [-0.2, 0) is 4.79 Å². The molecule has 0 bridgehead atoms. The Balaban J connectivity index is 1.49. The van der Waals surface area contributed by atoms with Crippen molar-refractivity contribution in [1.82, 2.24) is 9.80 Å². The van der Waals surface area contributed by atoms with Crippen LogP contribution in [0.4, 0.5) is 5.69 Å². The topological polar surface area (TPSA) is 43.9 Å². The zero-order valence-electron chi connectivity index (χ0n) is 15.1. The molecule has 4 rings (SSSR count). The fourth-order valence-corrected chi connectivity index (χ4v) is 4.71. The van der Waals surface area contributed by atoms with Crippen molar-refractivity contribution < 1.29 is 9.59 Å². The molecule has 140 valence electrons. The fourth-order valence-electron chi connectivity index (χ4n) is 4.54. The SMILES string of the molecule is O=C(c1ccc(Cl)cc1N1CCCC1=O)N1CCN(C2CCCC2)CC1. The smallest absolute Gasteiger partial charge is 0.256 e. The molecule has 0 atom stereocenters. The number of nitrogens with zero attached hydrogens (tertiary/aromatic N) is 3.